The number of hydrogen-bond donors (Lipinski definition) is 1. The van der Waals surface area contributed by atoms with Crippen LogP contribution in [0.3, 0.4) is 0 Å². The lowest BCUT2D eigenvalue weighted by Gasteiger charge is -2.29. The number of amides is 2. The van der Waals surface area contributed by atoms with E-state index in [9.17, 15) is 9.59 Å². The molecule has 0 saturated carbocycles. The summed E-state index contributed by atoms with van der Waals surface area (Å²) in [5.41, 5.74) is 2.39. The average Bonchev–Trinajstić information content (AvgIpc) is 2.75. The summed E-state index contributed by atoms with van der Waals surface area (Å²) in [6.45, 7) is 8.45. The molecule has 0 spiro atoms. The van der Waals surface area contributed by atoms with Crippen LogP contribution < -0.4 is 5.32 Å². The molecule has 2 rings (SSSR count). The molecule has 2 atom stereocenters. The summed E-state index contributed by atoms with van der Waals surface area (Å²) in [7, 11) is 0. The first kappa shape index (κ1) is 24.0. The minimum Gasteiger partial charge on any atom is -0.352 e. The molecule has 4 nitrogen and oxygen atoms in total. The molecule has 2 aromatic rings. The van der Waals surface area contributed by atoms with Crippen LogP contribution in [0.2, 0.25) is 0 Å². The maximum Gasteiger partial charge on any atom is 0.242 e. The van der Waals surface area contributed by atoms with Crippen molar-refractivity contribution in [1.29, 1.82) is 0 Å². The molecule has 0 aliphatic carbocycles. The van der Waals surface area contributed by atoms with Gasteiger partial charge in [-0.05, 0) is 51.3 Å². The lowest BCUT2D eigenvalue weighted by molar-refractivity contribution is -0.139. The molecule has 5 heteroatoms. The molecule has 0 fully saturated rings. The first-order valence-electron chi connectivity index (χ1n) is 10.7. The highest BCUT2D eigenvalue weighted by atomic mass is 32.2. The maximum atomic E-state index is 13.0. The molecule has 30 heavy (non-hydrogen) atoms. The van der Waals surface area contributed by atoms with Gasteiger partial charge in [0.05, 0.1) is 0 Å². The van der Waals surface area contributed by atoms with Crippen LogP contribution in [0.5, 0.6) is 0 Å². The summed E-state index contributed by atoms with van der Waals surface area (Å²) in [6.07, 6.45) is 2.01. The third-order valence-corrected chi connectivity index (χ3v) is 6.27. The van der Waals surface area contributed by atoms with Crippen molar-refractivity contribution in [1.82, 2.24) is 10.2 Å². The Labute approximate surface area is 185 Å². The maximum absolute atomic E-state index is 13.0. The van der Waals surface area contributed by atoms with Gasteiger partial charge in [-0.15, -0.1) is 11.8 Å². The first-order chi connectivity index (χ1) is 14.4. The highest BCUT2D eigenvalue weighted by molar-refractivity contribution is 7.99. The number of nitrogens with one attached hydrogen (secondary N) is 1. The largest absolute Gasteiger partial charge is 0.352 e. The van der Waals surface area contributed by atoms with Gasteiger partial charge in [-0.2, -0.15) is 0 Å². The Balaban J connectivity index is 1.99. The molecule has 0 aromatic heterocycles. The normalized spacial score (nSPS) is 12.8. The number of carbonyl (C=O) groups excluding carboxylic acids is 2. The summed E-state index contributed by atoms with van der Waals surface area (Å²) in [4.78, 5) is 28.6. The summed E-state index contributed by atoms with van der Waals surface area (Å²) >= 11 is 1.68. The van der Waals surface area contributed by atoms with Gasteiger partial charge in [0, 0.05) is 29.7 Å². The zero-order chi connectivity index (χ0) is 21.9. The van der Waals surface area contributed by atoms with Crippen LogP contribution in [0, 0.1) is 6.92 Å². The average molecular weight is 427 g/mol. The fraction of sp³-hybridized carbons (Fsp3) is 0.440. The Bertz CT molecular complexity index is 793. The van der Waals surface area contributed by atoms with E-state index < -0.39 is 6.04 Å². The van der Waals surface area contributed by atoms with E-state index in [2.05, 4.69) is 48.6 Å². The predicted molar refractivity (Wildman–Crippen MR) is 126 cm³/mol. The van der Waals surface area contributed by atoms with Gasteiger partial charge in [0.1, 0.15) is 6.04 Å². The van der Waals surface area contributed by atoms with E-state index in [0.29, 0.717) is 18.7 Å². The van der Waals surface area contributed by atoms with Crippen LogP contribution in [0.15, 0.2) is 59.5 Å². The van der Waals surface area contributed by atoms with E-state index in [1.54, 1.807) is 16.7 Å². The summed E-state index contributed by atoms with van der Waals surface area (Å²) < 4.78 is 0. The van der Waals surface area contributed by atoms with Gasteiger partial charge in [0.2, 0.25) is 11.8 Å². The molecule has 0 radical (unpaired) electrons. The van der Waals surface area contributed by atoms with Gasteiger partial charge in [0.25, 0.3) is 0 Å². The molecule has 0 unspecified atom stereocenters. The van der Waals surface area contributed by atoms with Crippen molar-refractivity contribution in [2.75, 3.05) is 12.3 Å². The predicted octanol–water partition coefficient (Wildman–Crippen LogP) is 4.85. The van der Waals surface area contributed by atoms with Crippen LogP contribution in [0.25, 0.3) is 0 Å². The van der Waals surface area contributed by atoms with Crippen molar-refractivity contribution in [3.8, 4) is 0 Å². The summed E-state index contributed by atoms with van der Waals surface area (Å²) in [6, 6.07) is 18.0. The Morgan fingerprint density at radius 2 is 1.70 bits per heavy atom. The molecule has 1 N–H and O–H groups in total. The van der Waals surface area contributed by atoms with Crippen LogP contribution >= 0.6 is 11.8 Å². The van der Waals surface area contributed by atoms with Crippen LogP contribution in [-0.2, 0) is 16.0 Å². The highest BCUT2D eigenvalue weighted by Gasteiger charge is 2.26. The molecular weight excluding hydrogens is 392 g/mol. The number of thioether (sulfide) groups is 1. The summed E-state index contributed by atoms with van der Waals surface area (Å²) in [5, 5.41) is 3.01. The van der Waals surface area contributed by atoms with Gasteiger partial charge >= 0.3 is 0 Å². The second-order valence-electron chi connectivity index (χ2n) is 7.73. The van der Waals surface area contributed by atoms with E-state index in [0.717, 1.165) is 17.7 Å². The van der Waals surface area contributed by atoms with Gasteiger partial charge in [-0.25, -0.2) is 0 Å². The number of hydrogen-bond acceptors (Lipinski definition) is 3. The molecule has 0 aliphatic heterocycles. The van der Waals surface area contributed by atoms with E-state index in [1.165, 1.54) is 11.1 Å². The zero-order valence-corrected chi connectivity index (χ0v) is 19.4. The van der Waals surface area contributed by atoms with Gasteiger partial charge in [0.15, 0.2) is 0 Å². The monoisotopic (exact) mass is 426 g/mol. The number of aryl methyl sites for hydroxylation is 1. The molecule has 162 valence electrons. The molecule has 0 saturated heterocycles. The minimum absolute atomic E-state index is 0.0253. The number of nitrogens with zero attached hydrogens (tertiary/aromatic N) is 1. The third-order valence-electron chi connectivity index (χ3n) is 5.26. The number of carbonyl (C=O) groups is 2. The highest BCUT2D eigenvalue weighted by Crippen LogP contribution is 2.20. The summed E-state index contributed by atoms with van der Waals surface area (Å²) in [5.74, 6) is 0.637. The SMILES string of the molecule is CC[C@@H](C)NC(=O)[C@@H](C)N(CCc1ccccc1)C(=O)CCSc1ccc(C)cc1. The molecule has 0 heterocycles. The van der Waals surface area contributed by atoms with Crippen molar-refractivity contribution >= 4 is 23.6 Å². The number of rotatable bonds is 11. The Kier molecular flexibility index (Phi) is 9.95. The van der Waals surface area contributed by atoms with E-state index in [1.807, 2.05) is 39.0 Å². The van der Waals surface area contributed by atoms with Gasteiger partial charge < -0.3 is 10.2 Å². The third kappa shape index (κ3) is 7.86. The second-order valence-corrected chi connectivity index (χ2v) is 8.90. The van der Waals surface area contributed by atoms with E-state index >= 15 is 0 Å². The lowest BCUT2D eigenvalue weighted by Crippen LogP contribution is -2.50. The standard InChI is InChI=1S/C25H34N2O2S/c1-5-20(3)26-25(29)21(4)27(17-15-22-9-7-6-8-10-22)24(28)16-18-30-23-13-11-19(2)12-14-23/h6-14,20-21H,5,15-18H2,1-4H3,(H,26,29)/t20-,21-/m1/s1. The van der Waals surface area contributed by atoms with E-state index in [-0.39, 0.29) is 17.9 Å². The second kappa shape index (κ2) is 12.4. The van der Waals surface area contributed by atoms with Crippen molar-refractivity contribution in [3.05, 3.63) is 65.7 Å². The molecular formula is C25H34N2O2S. The van der Waals surface area contributed by atoms with Gasteiger partial charge in [-0.3, -0.25) is 9.59 Å². The lowest BCUT2D eigenvalue weighted by atomic mass is 10.1. The van der Waals surface area contributed by atoms with Crippen LogP contribution in [-0.4, -0.2) is 41.1 Å². The van der Waals surface area contributed by atoms with Crippen molar-refractivity contribution in [2.24, 2.45) is 0 Å². The quantitative estimate of drug-likeness (QED) is 0.523. The first-order valence-corrected chi connectivity index (χ1v) is 11.7. The van der Waals surface area contributed by atoms with E-state index in [4.69, 9.17) is 0 Å². The Hall–Kier alpha value is -2.27. The molecule has 2 amide bonds. The fourth-order valence-electron chi connectivity index (χ4n) is 3.07. The van der Waals surface area contributed by atoms with Crippen molar-refractivity contribution in [3.63, 3.8) is 0 Å². The topological polar surface area (TPSA) is 49.4 Å². The van der Waals surface area contributed by atoms with Crippen molar-refractivity contribution in [2.45, 2.75) is 63.9 Å². The minimum atomic E-state index is -0.486. The molecule has 0 aliphatic rings. The number of benzene rings is 2. The molecule has 0 bridgehead atoms. The Morgan fingerprint density at radius 3 is 2.33 bits per heavy atom. The fourth-order valence-corrected chi connectivity index (χ4v) is 3.91. The molecule has 2 aromatic carbocycles. The Morgan fingerprint density at radius 1 is 1.03 bits per heavy atom. The van der Waals surface area contributed by atoms with Crippen LogP contribution in [0.4, 0.5) is 0 Å². The van der Waals surface area contributed by atoms with Crippen LogP contribution in [0.1, 0.15) is 44.7 Å². The van der Waals surface area contributed by atoms with Gasteiger partial charge in [-0.1, -0.05) is 55.0 Å². The smallest absolute Gasteiger partial charge is 0.242 e. The van der Waals surface area contributed by atoms with Crippen molar-refractivity contribution < 1.29 is 9.59 Å². The zero-order valence-electron chi connectivity index (χ0n) is 18.6.